The van der Waals surface area contributed by atoms with Crippen LogP contribution in [-0.2, 0) is 21.3 Å². The van der Waals surface area contributed by atoms with Crippen LogP contribution in [0.4, 0.5) is 0 Å². The van der Waals surface area contributed by atoms with Crippen LogP contribution in [0.1, 0.15) is 11.5 Å². The Hall–Kier alpha value is -2.15. The summed E-state index contributed by atoms with van der Waals surface area (Å²) < 4.78 is 22.5. The molecule has 2 rings (SSSR count). The van der Waals surface area contributed by atoms with Crippen LogP contribution in [0, 0.1) is 6.92 Å². The lowest BCUT2D eigenvalue weighted by Crippen LogP contribution is -2.11. The third-order valence-electron chi connectivity index (χ3n) is 2.81. The summed E-state index contributed by atoms with van der Waals surface area (Å²) in [5.74, 6) is 0.0610. The molecule has 0 spiro atoms. The van der Waals surface area contributed by atoms with Crippen LogP contribution >= 0.6 is 0 Å². The second-order valence-electron chi connectivity index (χ2n) is 4.34. The van der Waals surface area contributed by atoms with E-state index in [0.29, 0.717) is 28.7 Å². The van der Waals surface area contributed by atoms with Crippen molar-refractivity contribution < 1.29 is 23.3 Å². The van der Waals surface area contributed by atoms with E-state index in [-0.39, 0.29) is 5.75 Å². The first-order chi connectivity index (χ1) is 10.0. The summed E-state index contributed by atoms with van der Waals surface area (Å²) in [7, 11) is 0.0382. The number of carboxylic acid groups (broad SMARTS) is 1. The van der Waals surface area contributed by atoms with Gasteiger partial charge in [-0.2, -0.15) is 0 Å². The minimum absolute atomic E-state index is 0.0524. The van der Waals surface area contributed by atoms with E-state index in [2.05, 4.69) is 4.98 Å². The highest BCUT2D eigenvalue weighted by Crippen LogP contribution is 2.30. The van der Waals surface area contributed by atoms with Gasteiger partial charge in [0.05, 0.1) is 24.1 Å². The number of benzene rings is 1. The lowest BCUT2D eigenvalue weighted by molar-refractivity contribution is -0.133. The van der Waals surface area contributed by atoms with Gasteiger partial charge in [-0.15, -0.1) is 0 Å². The molecule has 0 aliphatic rings. The normalized spacial score (nSPS) is 12.1. The number of aliphatic carboxylic acids is 1. The van der Waals surface area contributed by atoms with E-state index in [1.807, 2.05) is 18.2 Å². The molecule has 1 unspecified atom stereocenters. The Balaban J connectivity index is 2.27. The average Bonchev–Trinajstić information content (AvgIpc) is 2.79. The smallest absolute Gasteiger partial charge is 0.316 e. The summed E-state index contributed by atoms with van der Waals surface area (Å²) in [4.78, 5) is 14.8. The third kappa shape index (κ3) is 3.69. The van der Waals surface area contributed by atoms with Crippen molar-refractivity contribution in [3.8, 4) is 17.2 Å². The number of methoxy groups -OCH3 is 1. The molecule has 6 nitrogen and oxygen atoms in total. The van der Waals surface area contributed by atoms with Gasteiger partial charge in [-0.3, -0.25) is 9.00 Å². The molecule has 1 atom stereocenters. The summed E-state index contributed by atoms with van der Waals surface area (Å²) in [6.07, 6.45) is 0. The number of carbonyl (C=O) groups is 1. The van der Waals surface area contributed by atoms with Crippen molar-refractivity contribution in [1.29, 1.82) is 0 Å². The molecule has 1 heterocycles. The Morgan fingerprint density at radius 3 is 2.81 bits per heavy atom. The van der Waals surface area contributed by atoms with E-state index in [9.17, 15) is 9.00 Å². The molecule has 0 aliphatic heterocycles. The van der Waals surface area contributed by atoms with Crippen molar-refractivity contribution in [3.63, 3.8) is 0 Å². The zero-order chi connectivity index (χ0) is 15.4. The van der Waals surface area contributed by atoms with Crippen LogP contribution < -0.4 is 4.74 Å². The number of nitrogens with zero attached hydrogens (tertiary/aromatic N) is 1. The van der Waals surface area contributed by atoms with Crippen molar-refractivity contribution in [1.82, 2.24) is 4.98 Å². The van der Waals surface area contributed by atoms with Crippen molar-refractivity contribution >= 4 is 16.8 Å². The fraction of sp³-hybridized carbons (Fsp3) is 0.286. The fourth-order valence-corrected chi connectivity index (χ4v) is 2.79. The van der Waals surface area contributed by atoms with E-state index in [1.165, 1.54) is 0 Å². The highest BCUT2D eigenvalue weighted by molar-refractivity contribution is 7.84. The fourth-order valence-electron chi connectivity index (χ4n) is 1.84. The van der Waals surface area contributed by atoms with Gasteiger partial charge in [0.1, 0.15) is 17.3 Å². The van der Waals surface area contributed by atoms with E-state index in [1.54, 1.807) is 20.1 Å². The monoisotopic (exact) mass is 309 g/mol. The van der Waals surface area contributed by atoms with E-state index in [0.717, 1.165) is 0 Å². The van der Waals surface area contributed by atoms with Gasteiger partial charge in [-0.1, -0.05) is 12.1 Å². The Labute approximate surface area is 124 Å². The zero-order valence-corrected chi connectivity index (χ0v) is 12.5. The Morgan fingerprint density at radius 2 is 2.14 bits per heavy atom. The second kappa shape index (κ2) is 6.53. The summed E-state index contributed by atoms with van der Waals surface area (Å²) in [5.41, 5.74) is 1.19. The molecule has 112 valence electrons. The highest BCUT2D eigenvalue weighted by atomic mass is 32.2. The number of aryl methyl sites for hydroxylation is 1. The summed E-state index contributed by atoms with van der Waals surface area (Å²) in [5, 5.41) is 8.63. The van der Waals surface area contributed by atoms with Gasteiger partial charge in [-0.25, -0.2) is 4.98 Å². The number of hydrogen-bond acceptors (Lipinski definition) is 5. The van der Waals surface area contributed by atoms with E-state index >= 15 is 0 Å². The van der Waals surface area contributed by atoms with Crippen LogP contribution in [0.25, 0.3) is 11.5 Å². The minimum atomic E-state index is -1.51. The molecular formula is C14H15NO5S. The van der Waals surface area contributed by atoms with Gasteiger partial charge in [0.15, 0.2) is 0 Å². The van der Waals surface area contributed by atoms with Gasteiger partial charge in [0.25, 0.3) is 0 Å². The predicted molar refractivity (Wildman–Crippen MR) is 77.6 cm³/mol. The summed E-state index contributed by atoms with van der Waals surface area (Å²) >= 11 is 0. The zero-order valence-electron chi connectivity index (χ0n) is 11.7. The van der Waals surface area contributed by atoms with E-state index in [4.69, 9.17) is 14.3 Å². The molecule has 1 aromatic carbocycles. The first-order valence-electron chi connectivity index (χ1n) is 6.17. The number of hydrogen-bond donors (Lipinski definition) is 1. The maximum atomic E-state index is 11.7. The Kier molecular flexibility index (Phi) is 4.74. The number of carboxylic acids is 1. The molecule has 21 heavy (non-hydrogen) atoms. The standard InChI is InChI=1S/C14H15NO5S/c1-9-11(7-21(18)8-13(16)17)15-14(20-9)10-5-3-4-6-12(10)19-2/h3-6H,7-8H2,1-2H3,(H,16,17). The molecular weight excluding hydrogens is 294 g/mol. The minimum Gasteiger partial charge on any atom is -0.496 e. The number of oxazole rings is 1. The van der Waals surface area contributed by atoms with Crippen LogP contribution in [0.15, 0.2) is 28.7 Å². The first kappa shape index (κ1) is 15.2. The van der Waals surface area contributed by atoms with Crippen molar-refractivity contribution in [3.05, 3.63) is 35.7 Å². The van der Waals surface area contributed by atoms with Crippen molar-refractivity contribution in [2.45, 2.75) is 12.7 Å². The highest BCUT2D eigenvalue weighted by Gasteiger charge is 2.17. The molecule has 0 amide bonds. The third-order valence-corrected chi connectivity index (χ3v) is 3.98. The Bertz CT molecular complexity index is 680. The summed E-state index contributed by atoms with van der Waals surface area (Å²) in [6, 6.07) is 7.26. The molecule has 0 saturated carbocycles. The lowest BCUT2D eigenvalue weighted by Gasteiger charge is -2.03. The molecule has 0 fully saturated rings. The second-order valence-corrected chi connectivity index (χ2v) is 5.80. The first-order valence-corrected chi connectivity index (χ1v) is 7.66. The molecule has 0 bridgehead atoms. The topological polar surface area (TPSA) is 89.6 Å². The van der Waals surface area contributed by atoms with Crippen molar-refractivity contribution in [2.75, 3.05) is 12.9 Å². The van der Waals surface area contributed by atoms with Gasteiger partial charge in [0.2, 0.25) is 5.89 Å². The number of para-hydroxylation sites is 1. The molecule has 1 N–H and O–H groups in total. The number of aromatic nitrogens is 1. The maximum absolute atomic E-state index is 11.7. The molecule has 7 heteroatoms. The van der Waals surface area contributed by atoms with Gasteiger partial charge >= 0.3 is 5.97 Å². The summed E-state index contributed by atoms with van der Waals surface area (Å²) in [6.45, 7) is 1.71. The average molecular weight is 309 g/mol. The maximum Gasteiger partial charge on any atom is 0.316 e. The lowest BCUT2D eigenvalue weighted by atomic mass is 10.2. The van der Waals surface area contributed by atoms with Crippen LogP contribution in [0.2, 0.25) is 0 Å². The molecule has 0 saturated heterocycles. The van der Waals surface area contributed by atoms with Crippen LogP contribution in [0.5, 0.6) is 5.75 Å². The van der Waals surface area contributed by atoms with E-state index < -0.39 is 22.5 Å². The molecule has 1 aromatic heterocycles. The largest absolute Gasteiger partial charge is 0.496 e. The predicted octanol–water partition coefficient (Wildman–Crippen LogP) is 1.99. The molecule has 0 radical (unpaired) electrons. The van der Waals surface area contributed by atoms with Crippen LogP contribution in [-0.4, -0.2) is 33.1 Å². The SMILES string of the molecule is COc1ccccc1-c1nc(CS(=O)CC(=O)O)c(C)o1. The van der Waals surface area contributed by atoms with Gasteiger partial charge < -0.3 is 14.3 Å². The molecule has 0 aliphatic carbocycles. The van der Waals surface area contributed by atoms with Gasteiger partial charge in [0, 0.05) is 10.8 Å². The Morgan fingerprint density at radius 1 is 1.43 bits per heavy atom. The van der Waals surface area contributed by atoms with Crippen LogP contribution in [0.3, 0.4) is 0 Å². The van der Waals surface area contributed by atoms with Crippen molar-refractivity contribution in [2.24, 2.45) is 0 Å². The quantitative estimate of drug-likeness (QED) is 0.877. The number of ether oxygens (including phenoxy) is 1. The number of rotatable bonds is 6. The van der Waals surface area contributed by atoms with Gasteiger partial charge in [-0.05, 0) is 19.1 Å². The molecule has 2 aromatic rings.